The molecule has 0 aliphatic heterocycles. The molecular formula is C15H24BrNO3. The molecule has 20 heavy (non-hydrogen) atoms. The lowest BCUT2D eigenvalue weighted by Gasteiger charge is -2.25. The third kappa shape index (κ3) is 5.31. The van der Waals surface area contributed by atoms with Crippen molar-refractivity contribution in [3.05, 3.63) is 22.2 Å². The van der Waals surface area contributed by atoms with Crippen LogP contribution in [0.1, 0.15) is 32.8 Å². The predicted octanol–water partition coefficient (Wildman–Crippen LogP) is 3.05. The number of hydrogen-bond acceptors (Lipinski definition) is 4. The maximum absolute atomic E-state index is 10.1. The van der Waals surface area contributed by atoms with Crippen LogP contribution in [0, 0.1) is 5.41 Å². The average Bonchev–Trinajstić information content (AvgIpc) is 2.36. The molecule has 114 valence electrons. The minimum atomic E-state index is -0.000577. The van der Waals surface area contributed by atoms with E-state index in [4.69, 9.17) is 4.74 Å². The van der Waals surface area contributed by atoms with E-state index >= 15 is 0 Å². The van der Waals surface area contributed by atoms with Crippen molar-refractivity contribution in [1.82, 2.24) is 5.32 Å². The number of phenolic OH excluding ortho intramolecular Hbond substituents is 1. The van der Waals surface area contributed by atoms with E-state index in [-0.39, 0.29) is 23.8 Å². The molecule has 5 heteroatoms. The number of hydrogen-bond donors (Lipinski definition) is 3. The van der Waals surface area contributed by atoms with Crippen LogP contribution in [0.15, 0.2) is 16.6 Å². The zero-order valence-corrected chi connectivity index (χ0v) is 14.1. The fraction of sp³-hybridized carbons (Fsp3) is 0.600. The lowest BCUT2D eigenvalue weighted by Crippen LogP contribution is -2.35. The van der Waals surface area contributed by atoms with Crippen LogP contribution < -0.4 is 10.1 Å². The Morgan fingerprint density at radius 1 is 1.35 bits per heavy atom. The van der Waals surface area contributed by atoms with E-state index in [0.29, 0.717) is 12.3 Å². The molecule has 0 amide bonds. The Kier molecular flexibility index (Phi) is 6.30. The molecule has 4 nitrogen and oxygen atoms in total. The summed E-state index contributed by atoms with van der Waals surface area (Å²) in [5.41, 5.74) is 0.876. The van der Waals surface area contributed by atoms with Gasteiger partial charge in [0.2, 0.25) is 0 Å². The second kappa shape index (κ2) is 7.29. The van der Waals surface area contributed by atoms with Gasteiger partial charge in [-0.3, -0.25) is 0 Å². The topological polar surface area (TPSA) is 61.7 Å². The fourth-order valence-electron chi connectivity index (χ4n) is 2.11. The van der Waals surface area contributed by atoms with Crippen molar-refractivity contribution < 1.29 is 14.9 Å². The summed E-state index contributed by atoms with van der Waals surface area (Å²) in [6, 6.07) is 3.56. The van der Waals surface area contributed by atoms with Gasteiger partial charge < -0.3 is 20.3 Å². The molecule has 0 aromatic heterocycles. The highest BCUT2D eigenvalue weighted by Crippen LogP contribution is 2.33. The van der Waals surface area contributed by atoms with E-state index in [9.17, 15) is 10.2 Å². The molecule has 0 radical (unpaired) electrons. The molecule has 0 saturated heterocycles. The van der Waals surface area contributed by atoms with E-state index in [1.165, 1.54) is 7.11 Å². The third-order valence-electron chi connectivity index (χ3n) is 3.00. The molecule has 0 bridgehead atoms. The van der Waals surface area contributed by atoms with E-state index in [1.54, 1.807) is 6.07 Å². The van der Waals surface area contributed by atoms with Crippen molar-refractivity contribution in [1.29, 1.82) is 0 Å². The summed E-state index contributed by atoms with van der Waals surface area (Å²) in [5.74, 6) is 0.572. The van der Waals surface area contributed by atoms with Crippen molar-refractivity contribution in [2.75, 3.05) is 13.7 Å². The SMILES string of the molecule is COc1cc(Br)cc(CNC(CO)CC(C)(C)C)c1O. The highest BCUT2D eigenvalue weighted by molar-refractivity contribution is 9.10. The van der Waals surface area contributed by atoms with Gasteiger partial charge in [0.1, 0.15) is 0 Å². The first kappa shape index (κ1) is 17.3. The number of aliphatic hydroxyl groups excluding tert-OH is 1. The van der Waals surface area contributed by atoms with Gasteiger partial charge in [0, 0.05) is 22.6 Å². The second-order valence-corrected chi connectivity index (χ2v) is 7.06. The van der Waals surface area contributed by atoms with E-state index in [1.807, 2.05) is 6.07 Å². The van der Waals surface area contributed by atoms with E-state index in [2.05, 4.69) is 42.0 Å². The molecule has 1 atom stereocenters. The molecule has 0 aliphatic carbocycles. The number of methoxy groups -OCH3 is 1. The van der Waals surface area contributed by atoms with Gasteiger partial charge in [-0.15, -0.1) is 0 Å². The van der Waals surface area contributed by atoms with Crippen LogP contribution in [0.5, 0.6) is 11.5 Å². The number of ether oxygens (including phenoxy) is 1. The van der Waals surface area contributed by atoms with Gasteiger partial charge in [-0.05, 0) is 24.0 Å². The first-order valence-corrected chi connectivity index (χ1v) is 7.45. The number of benzene rings is 1. The highest BCUT2D eigenvalue weighted by atomic mass is 79.9. The molecule has 0 fully saturated rings. The molecule has 0 saturated carbocycles. The zero-order chi connectivity index (χ0) is 15.3. The molecule has 3 N–H and O–H groups in total. The summed E-state index contributed by atoms with van der Waals surface area (Å²) in [6.45, 7) is 6.96. The van der Waals surface area contributed by atoms with Gasteiger partial charge >= 0.3 is 0 Å². The van der Waals surface area contributed by atoms with Crippen molar-refractivity contribution in [2.24, 2.45) is 5.41 Å². The number of aliphatic hydroxyl groups is 1. The fourth-order valence-corrected chi connectivity index (χ4v) is 2.60. The largest absolute Gasteiger partial charge is 0.504 e. The summed E-state index contributed by atoms with van der Waals surface area (Å²) in [5, 5.41) is 22.8. The minimum Gasteiger partial charge on any atom is -0.504 e. The third-order valence-corrected chi connectivity index (χ3v) is 3.46. The highest BCUT2D eigenvalue weighted by Gasteiger charge is 2.18. The average molecular weight is 346 g/mol. The van der Waals surface area contributed by atoms with Gasteiger partial charge in [-0.25, -0.2) is 0 Å². The molecule has 0 heterocycles. The summed E-state index contributed by atoms with van der Waals surface area (Å²) < 4.78 is 5.97. The molecule has 1 aromatic carbocycles. The van der Waals surface area contributed by atoms with Crippen LogP contribution in [-0.2, 0) is 6.54 Å². The van der Waals surface area contributed by atoms with Gasteiger partial charge in [0.15, 0.2) is 11.5 Å². The summed E-state index contributed by atoms with van der Waals surface area (Å²) in [6.07, 6.45) is 0.857. The van der Waals surface area contributed by atoms with Crippen LogP contribution in [0.2, 0.25) is 0 Å². The van der Waals surface area contributed by atoms with E-state index < -0.39 is 0 Å². The summed E-state index contributed by atoms with van der Waals surface area (Å²) >= 11 is 3.39. The number of halogens is 1. The lowest BCUT2D eigenvalue weighted by molar-refractivity contribution is 0.197. The van der Waals surface area contributed by atoms with Gasteiger partial charge in [-0.2, -0.15) is 0 Å². The Labute approximate surface area is 129 Å². The van der Waals surface area contributed by atoms with Gasteiger partial charge in [-0.1, -0.05) is 36.7 Å². The molecule has 1 unspecified atom stereocenters. The van der Waals surface area contributed by atoms with Gasteiger partial charge in [0.25, 0.3) is 0 Å². The molecule has 0 aliphatic rings. The lowest BCUT2D eigenvalue weighted by atomic mass is 9.88. The molecule has 0 spiro atoms. The quantitative estimate of drug-likeness (QED) is 0.741. The standard InChI is InChI=1S/C15H24BrNO3/c1-15(2,3)7-12(9-18)17-8-10-5-11(16)6-13(20-4)14(10)19/h5-6,12,17-19H,7-9H2,1-4H3. The second-order valence-electron chi connectivity index (χ2n) is 6.14. The number of aromatic hydroxyl groups is 1. The monoisotopic (exact) mass is 345 g/mol. The van der Waals surface area contributed by atoms with E-state index in [0.717, 1.165) is 16.5 Å². The maximum atomic E-state index is 10.1. The Hall–Kier alpha value is -0.780. The van der Waals surface area contributed by atoms with Crippen LogP contribution in [0.25, 0.3) is 0 Å². The van der Waals surface area contributed by atoms with Gasteiger partial charge in [0.05, 0.1) is 13.7 Å². The Bertz CT molecular complexity index is 443. The van der Waals surface area contributed by atoms with Crippen molar-refractivity contribution in [3.8, 4) is 11.5 Å². The normalized spacial score (nSPS) is 13.3. The van der Waals surface area contributed by atoms with Crippen LogP contribution in [0.3, 0.4) is 0 Å². The molecule has 1 aromatic rings. The number of rotatable bonds is 6. The molecular weight excluding hydrogens is 322 g/mol. The van der Waals surface area contributed by atoms with Crippen LogP contribution in [-0.4, -0.2) is 30.0 Å². The zero-order valence-electron chi connectivity index (χ0n) is 12.5. The Balaban J connectivity index is 2.76. The smallest absolute Gasteiger partial charge is 0.162 e. The number of nitrogens with one attached hydrogen (secondary N) is 1. The summed E-state index contributed by atoms with van der Waals surface area (Å²) in [7, 11) is 1.52. The van der Waals surface area contributed by atoms with Crippen LogP contribution in [0.4, 0.5) is 0 Å². The Morgan fingerprint density at radius 3 is 2.50 bits per heavy atom. The number of phenols is 1. The first-order chi connectivity index (χ1) is 9.26. The minimum absolute atomic E-state index is 0.000577. The van der Waals surface area contributed by atoms with Crippen molar-refractivity contribution in [2.45, 2.75) is 39.8 Å². The summed E-state index contributed by atoms with van der Waals surface area (Å²) in [4.78, 5) is 0. The first-order valence-electron chi connectivity index (χ1n) is 6.66. The molecule has 1 rings (SSSR count). The Morgan fingerprint density at radius 2 is 2.00 bits per heavy atom. The van der Waals surface area contributed by atoms with Crippen molar-refractivity contribution in [3.63, 3.8) is 0 Å². The van der Waals surface area contributed by atoms with Crippen molar-refractivity contribution >= 4 is 15.9 Å². The predicted molar refractivity (Wildman–Crippen MR) is 84.1 cm³/mol. The maximum Gasteiger partial charge on any atom is 0.162 e. The van der Waals surface area contributed by atoms with Crippen LogP contribution >= 0.6 is 15.9 Å².